The summed E-state index contributed by atoms with van der Waals surface area (Å²) in [5.74, 6) is 0. The second kappa shape index (κ2) is 5.54. The molecule has 1 heterocycles. The molecule has 2 rings (SSSR count). The predicted octanol–water partition coefficient (Wildman–Crippen LogP) is 2.43. The fourth-order valence-corrected chi connectivity index (χ4v) is 1.62. The fourth-order valence-electron chi connectivity index (χ4n) is 1.62. The van der Waals surface area contributed by atoms with Crippen LogP contribution in [0.2, 0.25) is 0 Å². The topological polar surface area (TPSA) is 40.7 Å². The van der Waals surface area contributed by atoms with E-state index in [1.54, 1.807) is 6.20 Å². The summed E-state index contributed by atoms with van der Waals surface area (Å²) in [5.41, 5.74) is 2.75. The maximum atomic E-state index is 12.0. The Morgan fingerprint density at radius 3 is 2.71 bits per heavy atom. The number of alkyl halides is 2. The van der Waals surface area contributed by atoms with Gasteiger partial charge in [0.05, 0.1) is 18.4 Å². The Labute approximate surface area is 97.9 Å². The van der Waals surface area contributed by atoms with Crippen LogP contribution < -0.4 is 5.32 Å². The number of benzene rings is 1. The van der Waals surface area contributed by atoms with Gasteiger partial charge >= 0.3 is 0 Å². The zero-order chi connectivity index (χ0) is 12.1. The molecule has 5 heteroatoms. The van der Waals surface area contributed by atoms with Crippen LogP contribution in [-0.4, -0.2) is 23.2 Å². The first-order valence-corrected chi connectivity index (χ1v) is 5.34. The molecular weight excluding hydrogens is 224 g/mol. The molecule has 0 spiro atoms. The zero-order valence-electron chi connectivity index (χ0n) is 9.16. The Morgan fingerprint density at radius 1 is 1.24 bits per heavy atom. The third-order valence-electron chi connectivity index (χ3n) is 2.39. The molecule has 3 nitrogen and oxygen atoms in total. The van der Waals surface area contributed by atoms with Crippen LogP contribution in [0, 0.1) is 0 Å². The third-order valence-corrected chi connectivity index (χ3v) is 2.39. The van der Waals surface area contributed by atoms with Gasteiger partial charge in [-0.1, -0.05) is 30.3 Å². The Bertz CT molecular complexity index is 454. The van der Waals surface area contributed by atoms with E-state index < -0.39 is 6.43 Å². The first-order valence-electron chi connectivity index (χ1n) is 5.34. The van der Waals surface area contributed by atoms with Crippen molar-refractivity contribution in [2.24, 2.45) is 0 Å². The Balaban J connectivity index is 2.07. The second-order valence-electron chi connectivity index (χ2n) is 3.66. The van der Waals surface area contributed by atoms with E-state index in [0.29, 0.717) is 6.54 Å². The van der Waals surface area contributed by atoms with Crippen molar-refractivity contribution in [1.29, 1.82) is 0 Å². The number of rotatable bonds is 5. The van der Waals surface area contributed by atoms with Crippen molar-refractivity contribution in [2.45, 2.75) is 13.0 Å². The van der Waals surface area contributed by atoms with Crippen LogP contribution in [0.3, 0.4) is 0 Å². The van der Waals surface area contributed by atoms with Crippen LogP contribution in [0.5, 0.6) is 0 Å². The largest absolute Gasteiger partial charge is 0.307 e. The summed E-state index contributed by atoms with van der Waals surface area (Å²) < 4.78 is 24.0. The molecular formula is C12H13F2N3. The summed E-state index contributed by atoms with van der Waals surface area (Å²) in [6.45, 7) is 0.0739. The van der Waals surface area contributed by atoms with Gasteiger partial charge in [-0.05, 0) is 5.56 Å². The lowest BCUT2D eigenvalue weighted by atomic mass is 10.1. The van der Waals surface area contributed by atoms with Crippen molar-refractivity contribution >= 4 is 0 Å². The number of nitrogens with zero attached hydrogens (tertiary/aromatic N) is 1. The van der Waals surface area contributed by atoms with Crippen molar-refractivity contribution in [1.82, 2.24) is 15.5 Å². The van der Waals surface area contributed by atoms with Crippen LogP contribution in [0.15, 0.2) is 36.5 Å². The summed E-state index contributed by atoms with van der Waals surface area (Å²) in [6, 6.07) is 9.67. The highest BCUT2D eigenvalue weighted by Gasteiger charge is 2.08. The van der Waals surface area contributed by atoms with E-state index in [-0.39, 0.29) is 6.54 Å². The number of aromatic nitrogens is 2. The summed E-state index contributed by atoms with van der Waals surface area (Å²) in [4.78, 5) is 0. The van der Waals surface area contributed by atoms with Gasteiger partial charge in [-0.25, -0.2) is 8.78 Å². The van der Waals surface area contributed by atoms with E-state index >= 15 is 0 Å². The summed E-state index contributed by atoms with van der Waals surface area (Å²) >= 11 is 0. The lowest BCUT2D eigenvalue weighted by molar-refractivity contribution is 0.145. The summed E-state index contributed by atoms with van der Waals surface area (Å²) in [7, 11) is 0. The molecule has 17 heavy (non-hydrogen) atoms. The molecule has 0 fully saturated rings. The zero-order valence-corrected chi connectivity index (χ0v) is 9.16. The van der Waals surface area contributed by atoms with Crippen LogP contribution in [-0.2, 0) is 6.54 Å². The second-order valence-corrected chi connectivity index (χ2v) is 3.66. The molecule has 0 radical (unpaired) electrons. The van der Waals surface area contributed by atoms with Crippen molar-refractivity contribution in [3.8, 4) is 11.3 Å². The average molecular weight is 237 g/mol. The number of nitrogens with one attached hydrogen (secondary N) is 2. The van der Waals surface area contributed by atoms with Gasteiger partial charge in [0, 0.05) is 12.1 Å². The van der Waals surface area contributed by atoms with Crippen molar-refractivity contribution in [3.63, 3.8) is 0 Å². The monoisotopic (exact) mass is 237 g/mol. The lowest BCUT2D eigenvalue weighted by Gasteiger charge is -2.05. The average Bonchev–Trinajstić information content (AvgIpc) is 2.78. The van der Waals surface area contributed by atoms with Crippen LogP contribution >= 0.6 is 0 Å². The Hall–Kier alpha value is -1.75. The first kappa shape index (κ1) is 11.7. The fraction of sp³-hybridized carbons (Fsp3) is 0.250. The summed E-state index contributed by atoms with van der Waals surface area (Å²) in [6.07, 6.45) is -0.678. The molecule has 0 bridgehead atoms. The quantitative estimate of drug-likeness (QED) is 0.838. The molecule has 0 saturated heterocycles. The van der Waals surface area contributed by atoms with Gasteiger partial charge < -0.3 is 5.32 Å². The molecule has 2 N–H and O–H groups in total. The van der Waals surface area contributed by atoms with Crippen molar-refractivity contribution in [3.05, 3.63) is 42.1 Å². The maximum Gasteiger partial charge on any atom is 0.250 e. The number of aromatic amines is 1. The van der Waals surface area contributed by atoms with Gasteiger partial charge in [-0.2, -0.15) is 5.10 Å². The van der Waals surface area contributed by atoms with Gasteiger partial charge in [-0.15, -0.1) is 0 Å². The van der Waals surface area contributed by atoms with E-state index in [1.165, 1.54) is 0 Å². The van der Waals surface area contributed by atoms with Crippen LogP contribution in [0.25, 0.3) is 11.3 Å². The van der Waals surface area contributed by atoms with E-state index in [1.807, 2.05) is 30.3 Å². The molecule has 0 aliphatic rings. The van der Waals surface area contributed by atoms with Crippen molar-refractivity contribution in [2.75, 3.05) is 6.54 Å². The maximum absolute atomic E-state index is 12.0. The van der Waals surface area contributed by atoms with E-state index in [4.69, 9.17) is 0 Å². The molecule has 0 amide bonds. The SMILES string of the molecule is FC(F)CNCc1cn[nH]c1-c1ccccc1. The van der Waals surface area contributed by atoms with E-state index in [0.717, 1.165) is 16.8 Å². The lowest BCUT2D eigenvalue weighted by Crippen LogP contribution is -2.20. The van der Waals surface area contributed by atoms with E-state index in [2.05, 4.69) is 15.5 Å². The third kappa shape index (κ3) is 3.10. The highest BCUT2D eigenvalue weighted by Crippen LogP contribution is 2.20. The van der Waals surface area contributed by atoms with Gasteiger partial charge in [-0.3, -0.25) is 5.10 Å². The van der Waals surface area contributed by atoms with Crippen LogP contribution in [0.4, 0.5) is 8.78 Å². The molecule has 0 aliphatic heterocycles. The standard InChI is InChI=1S/C12H13F2N3/c13-11(14)8-15-6-10-7-16-17-12(10)9-4-2-1-3-5-9/h1-5,7,11,15H,6,8H2,(H,16,17). The normalized spacial score (nSPS) is 11.0. The first-order chi connectivity index (χ1) is 8.27. The number of halogens is 2. The number of hydrogen-bond donors (Lipinski definition) is 2. The molecule has 0 atom stereocenters. The Kier molecular flexibility index (Phi) is 3.82. The van der Waals surface area contributed by atoms with Gasteiger partial charge in [0.2, 0.25) is 0 Å². The molecule has 1 aromatic carbocycles. The molecule has 2 aromatic rings. The van der Waals surface area contributed by atoms with Crippen LogP contribution in [0.1, 0.15) is 5.56 Å². The van der Waals surface area contributed by atoms with Gasteiger partial charge in [0.1, 0.15) is 0 Å². The highest BCUT2D eigenvalue weighted by atomic mass is 19.3. The molecule has 0 unspecified atom stereocenters. The Morgan fingerprint density at radius 2 is 2.00 bits per heavy atom. The molecule has 1 aromatic heterocycles. The van der Waals surface area contributed by atoms with Gasteiger partial charge in [0.15, 0.2) is 0 Å². The van der Waals surface area contributed by atoms with Crippen molar-refractivity contribution < 1.29 is 8.78 Å². The predicted molar refractivity (Wildman–Crippen MR) is 61.7 cm³/mol. The highest BCUT2D eigenvalue weighted by molar-refractivity contribution is 5.62. The van der Waals surface area contributed by atoms with Gasteiger partial charge in [0.25, 0.3) is 6.43 Å². The minimum absolute atomic E-state index is 0.306. The molecule has 0 saturated carbocycles. The summed E-state index contributed by atoms with van der Waals surface area (Å²) in [5, 5.41) is 9.51. The molecule has 0 aliphatic carbocycles. The number of H-pyrrole nitrogens is 1. The smallest absolute Gasteiger partial charge is 0.250 e. The minimum Gasteiger partial charge on any atom is -0.307 e. The molecule has 90 valence electrons. The van der Waals surface area contributed by atoms with E-state index in [9.17, 15) is 8.78 Å². The number of hydrogen-bond acceptors (Lipinski definition) is 2. The minimum atomic E-state index is -2.33.